The van der Waals surface area contributed by atoms with E-state index in [9.17, 15) is 4.79 Å². The lowest BCUT2D eigenvalue weighted by Crippen LogP contribution is -2.13. The van der Waals surface area contributed by atoms with Crippen LogP contribution in [0.2, 0.25) is 0 Å². The Morgan fingerprint density at radius 3 is 2.00 bits per heavy atom. The Morgan fingerprint density at radius 2 is 1.35 bits per heavy atom. The van der Waals surface area contributed by atoms with E-state index in [0.29, 0.717) is 5.56 Å². The van der Waals surface area contributed by atoms with Gasteiger partial charge in [-0.15, -0.1) is 0 Å². The Morgan fingerprint density at radius 1 is 0.769 bits per heavy atom. The molecule has 0 fully saturated rings. The molecule has 0 saturated heterocycles. The van der Waals surface area contributed by atoms with Crippen molar-refractivity contribution in [3.63, 3.8) is 0 Å². The average Bonchev–Trinajstić information content (AvgIpc) is 2.72. The molecule has 1 aromatic heterocycles. The lowest BCUT2D eigenvalue weighted by Gasteiger charge is -2.19. The van der Waals surface area contributed by atoms with Gasteiger partial charge in [-0.2, -0.15) is 0 Å². The van der Waals surface area contributed by atoms with E-state index in [0.717, 1.165) is 22.0 Å². The minimum Gasteiger partial charge on any atom is -0.449 e. The molecule has 0 N–H and O–H groups in total. The van der Waals surface area contributed by atoms with Gasteiger partial charge in [0.15, 0.2) is 6.10 Å². The predicted molar refractivity (Wildman–Crippen MR) is 102 cm³/mol. The number of nitrogens with zero attached hydrogens (tertiary/aromatic N) is 1. The first-order chi connectivity index (χ1) is 12.8. The minimum absolute atomic E-state index is 0.388. The Hall–Kier alpha value is -3.46. The monoisotopic (exact) mass is 339 g/mol. The highest BCUT2D eigenvalue weighted by molar-refractivity contribution is 5.93. The van der Waals surface area contributed by atoms with Crippen molar-refractivity contribution in [1.82, 2.24) is 4.98 Å². The molecular formula is C23H17NO2. The van der Waals surface area contributed by atoms with Crippen molar-refractivity contribution >= 4 is 16.9 Å². The Bertz CT molecular complexity index is 990. The fourth-order valence-electron chi connectivity index (χ4n) is 2.94. The van der Waals surface area contributed by atoms with Crippen LogP contribution in [-0.4, -0.2) is 11.0 Å². The molecular weight excluding hydrogens is 322 g/mol. The topological polar surface area (TPSA) is 39.2 Å². The van der Waals surface area contributed by atoms with Gasteiger partial charge < -0.3 is 4.74 Å². The molecule has 0 radical (unpaired) electrons. The van der Waals surface area contributed by atoms with E-state index >= 15 is 0 Å². The van der Waals surface area contributed by atoms with Crippen molar-refractivity contribution in [2.75, 3.05) is 0 Å². The SMILES string of the molecule is O=C(OC(c1ccccc1)c1ccccc1)c1cnc2ccccc2c1. The molecule has 0 bridgehead atoms. The summed E-state index contributed by atoms with van der Waals surface area (Å²) in [4.78, 5) is 17.1. The number of para-hydroxylation sites is 1. The van der Waals surface area contributed by atoms with Gasteiger partial charge in [0.05, 0.1) is 11.1 Å². The normalized spacial score (nSPS) is 10.8. The summed E-state index contributed by atoms with van der Waals surface area (Å²) in [7, 11) is 0. The van der Waals surface area contributed by atoms with Crippen LogP contribution in [-0.2, 0) is 4.74 Å². The molecule has 0 unspecified atom stereocenters. The molecule has 4 rings (SSSR count). The molecule has 4 aromatic rings. The van der Waals surface area contributed by atoms with Crippen LogP contribution in [0, 0.1) is 0 Å². The van der Waals surface area contributed by atoms with Crippen molar-refractivity contribution < 1.29 is 9.53 Å². The van der Waals surface area contributed by atoms with E-state index < -0.39 is 6.10 Å². The summed E-state index contributed by atoms with van der Waals surface area (Å²) in [5.74, 6) is -0.388. The largest absolute Gasteiger partial charge is 0.449 e. The van der Waals surface area contributed by atoms with E-state index in [-0.39, 0.29) is 5.97 Å². The van der Waals surface area contributed by atoms with E-state index in [2.05, 4.69) is 4.98 Å². The second-order valence-corrected chi connectivity index (χ2v) is 6.02. The maximum absolute atomic E-state index is 12.8. The molecule has 0 atom stereocenters. The van der Waals surface area contributed by atoms with Crippen molar-refractivity contribution in [3.8, 4) is 0 Å². The molecule has 0 aliphatic rings. The zero-order valence-corrected chi connectivity index (χ0v) is 14.1. The quantitative estimate of drug-likeness (QED) is 0.481. The van der Waals surface area contributed by atoms with Gasteiger partial charge in [-0.1, -0.05) is 78.9 Å². The first-order valence-corrected chi connectivity index (χ1v) is 8.47. The van der Waals surface area contributed by atoms with Crippen molar-refractivity contribution in [3.05, 3.63) is 114 Å². The fourth-order valence-corrected chi connectivity index (χ4v) is 2.94. The molecule has 0 saturated carbocycles. The Labute approximate surface area is 151 Å². The Kier molecular flexibility index (Phi) is 4.44. The number of carbonyl (C=O) groups excluding carboxylic acids is 1. The van der Waals surface area contributed by atoms with Crippen LogP contribution in [0.4, 0.5) is 0 Å². The maximum atomic E-state index is 12.8. The summed E-state index contributed by atoms with van der Waals surface area (Å²) in [5, 5.41) is 0.915. The van der Waals surface area contributed by atoms with Crippen LogP contribution in [0.25, 0.3) is 10.9 Å². The van der Waals surface area contributed by atoms with Crippen LogP contribution in [0.3, 0.4) is 0 Å². The number of hydrogen-bond donors (Lipinski definition) is 0. The van der Waals surface area contributed by atoms with Crippen LogP contribution in [0.1, 0.15) is 27.6 Å². The van der Waals surface area contributed by atoms with Gasteiger partial charge in [0.2, 0.25) is 0 Å². The highest BCUT2D eigenvalue weighted by atomic mass is 16.5. The second-order valence-electron chi connectivity index (χ2n) is 6.02. The zero-order chi connectivity index (χ0) is 17.8. The third-order valence-electron chi connectivity index (χ3n) is 4.26. The molecule has 0 spiro atoms. The van der Waals surface area contributed by atoms with Crippen LogP contribution < -0.4 is 0 Å². The molecule has 3 aromatic carbocycles. The molecule has 3 nitrogen and oxygen atoms in total. The highest BCUT2D eigenvalue weighted by Crippen LogP contribution is 2.27. The van der Waals surface area contributed by atoms with E-state index in [4.69, 9.17) is 4.74 Å². The third kappa shape index (κ3) is 3.33. The van der Waals surface area contributed by atoms with Crippen molar-refractivity contribution in [2.24, 2.45) is 0 Å². The van der Waals surface area contributed by atoms with Gasteiger partial charge >= 0.3 is 5.97 Å². The third-order valence-corrected chi connectivity index (χ3v) is 4.26. The van der Waals surface area contributed by atoms with Crippen LogP contribution >= 0.6 is 0 Å². The smallest absolute Gasteiger partial charge is 0.340 e. The summed E-state index contributed by atoms with van der Waals surface area (Å²) in [6.45, 7) is 0. The molecule has 3 heteroatoms. The summed E-state index contributed by atoms with van der Waals surface area (Å²) >= 11 is 0. The molecule has 1 heterocycles. The van der Waals surface area contributed by atoms with Gasteiger partial charge in [-0.25, -0.2) is 4.79 Å². The van der Waals surface area contributed by atoms with E-state index in [1.807, 2.05) is 91.0 Å². The first kappa shape index (κ1) is 16.0. The van der Waals surface area contributed by atoms with E-state index in [1.54, 1.807) is 6.20 Å². The van der Waals surface area contributed by atoms with Crippen LogP contribution in [0.5, 0.6) is 0 Å². The molecule has 0 amide bonds. The van der Waals surface area contributed by atoms with Gasteiger partial charge in [-0.05, 0) is 23.3 Å². The summed E-state index contributed by atoms with van der Waals surface area (Å²) in [6, 6.07) is 29.0. The molecule has 0 aliphatic heterocycles. The number of carbonyl (C=O) groups is 1. The molecule has 0 aliphatic carbocycles. The summed E-state index contributed by atoms with van der Waals surface area (Å²) < 4.78 is 5.88. The van der Waals surface area contributed by atoms with E-state index in [1.165, 1.54) is 0 Å². The van der Waals surface area contributed by atoms with Gasteiger partial charge in [-0.3, -0.25) is 4.98 Å². The van der Waals surface area contributed by atoms with Gasteiger partial charge in [0, 0.05) is 11.6 Å². The number of hydrogen-bond acceptors (Lipinski definition) is 3. The van der Waals surface area contributed by atoms with Crippen molar-refractivity contribution in [1.29, 1.82) is 0 Å². The summed E-state index contributed by atoms with van der Waals surface area (Å²) in [6.07, 6.45) is 1.11. The number of pyridine rings is 1. The van der Waals surface area contributed by atoms with Crippen LogP contribution in [0.15, 0.2) is 97.2 Å². The minimum atomic E-state index is -0.462. The van der Waals surface area contributed by atoms with Gasteiger partial charge in [0.1, 0.15) is 0 Å². The lowest BCUT2D eigenvalue weighted by atomic mass is 10.0. The predicted octanol–water partition coefficient (Wildman–Crippen LogP) is 5.18. The number of rotatable bonds is 4. The standard InChI is InChI=1S/C23H17NO2/c25-23(20-15-19-13-7-8-14-21(19)24-16-20)26-22(17-9-3-1-4-10-17)18-11-5-2-6-12-18/h1-16,22H. The average molecular weight is 339 g/mol. The van der Waals surface area contributed by atoms with Gasteiger partial charge in [0.25, 0.3) is 0 Å². The molecule has 26 heavy (non-hydrogen) atoms. The first-order valence-electron chi connectivity index (χ1n) is 8.47. The number of fused-ring (bicyclic) bond motifs is 1. The number of aromatic nitrogens is 1. The van der Waals surface area contributed by atoms with Crippen molar-refractivity contribution in [2.45, 2.75) is 6.10 Å². The lowest BCUT2D eigenvalue weighted by molar-refractivity contribution is 0.0378. The number of benzene rings is 3. The molecule has 126 valence electrons. The number of esters is 1. The highest BCUT2D eigenvalue weighted by Gasteiger charge is 2.20. The Balaban J connectivity index is 1.67. The fraction of sp³-hybridized carbons (Fsp3) is 0.0435. The summed E-state index contributed by atoms with van der Waals surface area (Å²) in [5.41, 5.74) is 3.16. The maximum Gasteiger partial charge on any atom is 0.340 e. The second kappa shape index (κ2) is 7.19. The number of ether oxygens (including phenoxy) is 1. The zero-order valence-electron chi connectivity index (χ0n) is 14.1.